The first-order valence-corrected chi connectivity index (χ1v) is 9.62. The summed E-state index contributed by atoms with van der Waals surface area (Å²) in [4.78, 5) is 35.9. The maximum Gasteiger partial charge on any atom is 0.416 e. The van der Waals surface area contributed by atoms with Gasteiger partial charge in [0.15, 0.2) is 0 Å². The van der Waals surface area contributed by atoms with E-state index in [0.29, 0.717) is 25.7 Å². The molecule has 1 aliphatic rings. The predicted octanol–water partition coefficient (Wildman–Crippen LogP) is 3.14. The van der Waals surface area contributed by atoms with Crippen molar-refractivity contribution in [1.29, 1.82) is 0 Å². The van der Waals surface area contributed by atoms with Gasteiger partial charge in [0.1, 0.15) is 6.61 Å². The molecular formula is C20H25F3N2O5. The third-order valence-corrected chi connectivity index (χ3v) is 4.84. The zero-order valence-electron chi connectivity index (χ0n) is 16.8. The van der Waals surface area contributed by atoms with E-state index in [1.165, 1.54) is 13.2 Å². The minimum Gasteiger partial charge on any atom is -0.469 e. The molecule has 0 aromatic heterocycles. The lowest BCUT2D eigenvalue weighted by Crippen LogP contribution is -2.39. The molecule has 0 spiro atoms. The largest absolute Gasteiger partial charge is 0.469 e. The van der Waals surface area contributed by atoms with Crippen molar-refractivity contribution in [1.82, 2.24) is 5.32 Å². The number of ether oxygens (including phenoxy) is 2. The first-order chi connectivity index (χ1) is 14.1. The molecule has 1 aliphatic carbocycles. The third-order valence-electron chi connectivity index (χ3n) is 4.84. The van der Waals surface area contributed by atoms with Crippen LogP contribution in [0, 0.1) is 5.92 Å². The van der Waals surface area contributed by atoms with Crippen molar-refractivity contribution in [3.05, 3.63) is 29.3 Å². The molecule has 1 aromatic rings. The van der Waals surface area contributed by atoms with Gasteiger partial charge in [-0.1, -0.05) is 0 Å². The van der Waals surface area contributed by atoms with Crippen LogP contribution in [-0.4, -0.2) is 44.1 Å². The molecule has 0 aliphatic heterocycles. The Bertz CT molecular complexity index is 774. The van der Waals surface area contributed by atoms with E-state index >= 15 is 0 Å². The predicted molar refractivity (Wildman–Crippen MR) is 102 cm³/mol. The SMILES string of the molecule is CCOCC(=O)Nc1cc(C(=O)NC2CCC(C(=O)OC)CC2)cc(C(F)(F)F)c1. The smallest absolute Gasteiger partial charge is 0.416 e. The highest BCUT2D eigenvalue weighted by Crippen LogP contribution is 2.32. The fraction of sp³-hybridized carbons (Fsp3) is 0.550. The fourth-order valence-electron chi connectivity index (χ4n) is 3.30. The van der Waals surface area contributed by atoms with E-state index in [2.05, 4.69) is 10.6 Å². The van der Waals surface area contributed by atoms with Gasteiger partial charge in [-0.2, -0.15) is 13.2 Å². The number of methoxy groups -OCH3 is 1. The molecule has 7 nitrogen and oxygen atoms in total. The Labute approximate surface area is 172 Å². The number of nitrogens with one attached hydrogen (secondary N) is 2. The molecule has 0 saturated heterocycles. The van der Waals surface area contributed by atoms with E-state index in [1.807, 2.05) is 0 Å². The van der Waals surface area contributed by atoms with Crippen molar-refractivity contribution >= 4 is 23.5 Å². The zero-order chi connectivity index (χ0) is 22.3. The number of hydrogen-bond acceptors (Lipinski definition) is 5. The maximum absolute atomic E-state index is 13.2. The quantitative estimate of drug-likeness (QED) is 0.649. The highest BCUT2D eigenvalue weighted by molar-refractivity contribution is 5.98. The average molecular weight is 430 g/mol. The Morgan fingerprint density at radius 3 is 2.33 bits per heavy atom. The number of carbonyl (C=O) groups excluding carboxylic acids is 3. The summed E-state index contributed by atoms with van der Waals surface area (Å²) >= 11 is 0. The summed E-state index contributed by atoms with van der Waals surface area (Å²) in [5, 5.41) is 5.03. The van der Waals surface area contributed by atoms with E-state index < -0.39 is 23.6 Å². The first-order valence-electron chi connectivity index (χ1n) is 9.62. The van der Waals surface area contributed by atoms with E-state index in [0.717, 1.165) is 12.1 Å². The van der Waals surface area contributed by atoms with Gasteiger partial charge in [-0.15, -0.1) is 0 Å². The van der Waals surface area contributed by atoms with Crippen molar-refractivity contribution in [2.24, 2.45) is 5.92 Å². The van der Waals surface area contributed by atoms with Crippen molar-refractivity contribution < 1.29 is 37.0 Å². The van der Waals surface area contributed by atoms with Crippen LogP contribution in [0.25, 0.3) is 0 Å². The highest BCUT2D eigenvalue weighted by Gasteiger charge is 2.33. The number of anilines is 1. The van der Waals surface area contributed by atoms with E-state index in [1.54, 1.807) is 6.92 Å². The second kappa shape index (κ2) is 10.4. The van der Waals surface area contributed by atoms with Crippen LogP contribution >= 0.6 is 0 Å². The summed E-state index contributed by atoms with van der Waals surface area (Å²) in [5.74, 6) is -1.83. The lowest BCUT2D eigenvalue weighted by Gasteiger charge is -2.27. The van der Waals surface area contributed by atoms with E-state index in [-0.39, 0.29) is 42.4 Å². The number of esters is 1. The van der Waals surface area contributed by atoms with Gasteiger partial charge in [0, 0.05) is 23.9 Å². The summed E-state index contributed by atoms with van der Waals surface area (Å²) in [5.41, 5.74) is -1.41. The molecule has 0 radical (unpaired) electrons. The van der Waals surface area contributed by atoms with Gasteiger partial charge in [0.2, 0.25) is 5.91 Å². The first kappa shape index (κ1) is 23.7. The van der Waals surface area contributed by atoms with Gasteiger partial charge < -0.3 is 20.1 Å². The van der Waals surface area contributed by atoms with Gasteiger partial charge in [0.25, 0.3) is 5.91 Å². The van der Waals surface area contributed by atoms with E-state index in [4.69, 9.17) is 9.47 Å². The Morgan fingerprint density at radius 1 is 1.10 bits per heavy atom. The van der Waals surface area contributed by atoms with Crippen molar-refractivity contribution in [3.8, 4) is 0 Å². The van der Waals surface area contributed by atoms with Crippen LogP contribution in [0.3, 0.4) is 0 Å². The number of benzene rings is 1. The molecule has 0 atom stereocenters. The number of carbonyl (C=O) groups is 3. The molecule has 2 rings (SSSR count). The Kier molecular flexibility index (Phi) is 8.22. The molecule has 2 N–H and O–H groups in total. The second-order valence-corrected chi connectivity index (χ2v) is 7.03. The third kappa shape index (κ3) is 6.72. The lowest BCUT2D eigenvalue weighted by molar-refractivity contribution is -0.146. The molecule has 10 heteroatoms. The Hall–Kier alpha value is -2.62. The molecule has 0 heterocycles. The van der Waals surface area contributed by atoms with Crippen LogP contribution in [0.5, 0.6) is 0 Å². The highest BCUT2D eigenvalue weighted by atomic mass is 19.4. The molecule has 166 valence electrons. The molecule has 1 saturated carbocycles. The van der Waals surface area contributed by atoms with Gasteiger partial charge in [-0.05, 0) is 50.8 Å². The van der Waals surface area contributed by atoms with Crippen LogP contribution < -0.4 is 10.6 Å². The fourth-order valence-corrected chi connectivity index (χ4v) is 3.30. The second-order valence-electron chi connectivity index (χ2n) is 7.03. The maximum atomic E-state index is 13.2. The zero-order valence-corrected chi connectivity index (χ0v) is 16.8. The van der Waals surface area contributed by atoms with Gasteiger partial charge in [-0.25, -0.2) is 0 Å². The summed E-state index contributed by atoms with van der Waals surface area (Å²) < 4.78 is 49.4. The van der Waals surface area contributed by atoms with Crippen molar-refractivity contribution in [3.63, 3.8) is 0 Å². The number of rotatable bonds is 7. The molecule has 2 amide bonds. The minimum absolute atomic E-state index is 0.144. The number of halogens is 3. The Morgan fingerprint density at radius 2 is 1.77 bits per heavy atom. The molecule has 0 bridgehead atoms. The van der Waals surface area contributed by atoms with Crippen LogP contribution in [0.2, 0.25) is 0 Å². The number of amides is 2. The minimum atomic E-state index is -4.69. The molecule has 0 unspecified atom stereocenters. The molecule has 1 fully saturated rings. The Balaban J connectivity index is 2.11. The topological polar surface area (TPSA) is 93.7 Å². The lowest BCUT2D eigenvalue weighted by atomic mass is 9.86. The number of hydrogen-bond donors (Lipinski definition) is 2. The normalized spacial score (nSPS) is 19.1. The molecule has 1 aromatic carbocycles. The summed E-state index contributed by atoms with van der Waals surface area (Å²) in [6.07, 6.45) is -2.60. The number of alkyl halides is 3. The van der Waals surface area contributed by atoms with Crippen molar-refractivity contribution in [2.45, 2.75) is 44.8 Å². The van der Waals surface area contributed by atoms with Crippen LogP contribution in [0.1, 0.15) is 48.5 Å². The van der Waals surface area contributed by atoms with Gasteiger partial charge in [-0.3, -0.25) is 14.4 Å². The summed E-state index contributed by atoms with van der Waals surface area (Å²) in [6.45, 7) is 1.65. The van der Waals surface area contributed by atoms with Crippen LogP contribution in [0.15, 0.2) is 18.2 Å². The van der Waals surface area contributed by atoms with E-state index in [9.17, 15) is 27.6 Å². The molecular weight excluding hydrogens is 405 g/mol. The summed E-state index contributed by atoms with van der Waals surface area (Å²) in [6, 6.07) is 2.44. The van der Waals surface area contributed by atoms with Gasteiger partial charge >= 0.3 is 12.1 Å². The summed E-state index contributed by atoms with van der Waals surface area (Å²) in [7, 11) is 1.31. The van der Waals surface area contributed by atoms with Crippen LogP contribution in [0.4, 0.5) is 18.9 Å². The van der Waals surface area contributed by atoms with Gasteiger partial charge in [0.05, 0.1) is 18.6 Å². The standard InChI is InChI=1S/C20H25F3N2O5/c1-3-30-11-17(26)24-16-9-13(8-14(10-16)20(21,22)23)18(27)25-15-6-4-12(5-7-15)19(28)29-2/h8-10,12,15H,3-7,11H2,1-2H3,(H,24,26)(H,25,27). The molecule has 30 heavy (non-hydrogen) atoms. The monoisotopic (exact) mass is 430 g/mol. The average Bonchev–Trinajstić information content (AvgIpc) is 2.71. The van der Waals surface area contributed by atoms with Crippen LogP contribution in [-0.2, 0) is 25.2 Å². The van der Waals surface area contributed by atoms with Crippen molar-refractivity contribution in [2.75, 3.05) is 25.6 Å².